The molecule has 0 saturated carbocycles. The molecule has 0 amide bonds. The van der Waals surface area contributed by atoms with Crippen LogP contribution in [0.25, 0.3) is 6.08 Å². The van der Waals surface area contributed by atoms with E-state index in [4.69, 9.17) is 21.1 Å². The highest BCUT2D eigenvalue weighted by Crippen LogP contribution is 2.38. The smallest absolute Gasteiger partial charge is 0.434 e. The topological polar surface area (TPSA) is 93.7 Å². The zero-order chi connectivity index (χ0) is 30.7. The summed E-state index contributed by atoms with van der Waals surface area (Å²) in [5, 5.41) is 9.64. The maximum absolute atomic E-state index is 14.3. The van der Waals surface area contributed by atoms with Gasteiger partial charge in [0.05, 0.1) is 34.4 Å². The van der Waals surface area contributed by atoms with E-state index >= 15 is 0 Å². The minimum absolute atomic E-state index is 0.0938. The Hall–Kier alpha value is -4.66. The monoisotopic (exact) mass is 623 g/mol. The van der Waals surface area contributed by atoms with E-state index in [2.05, 4.69) is 11.1 Å². The summed E-state index contributed by atoms with van der Waals surface area (Å²) in [6, 6.07) is 20.3. The molecule has 1 aliphatic rings. The summed E-state index contributed by atoms with van der Waals surface area (Å²) in [6.45, 7) is 1.43. The number of benzene rings is 3. The number of nitriles is 1. The van der Waals surface area contributed by atoms with Crippen LogP contribution in [0.2, 0.25) is 5.02 Å². The fourth-order valence-corrected chi connectivity index (χ4v) is 5.69. The van der Waals surface area contributed by atoms with Crippen molar-refractivity contribution in [2.75, 3.05) is 6.61 Å². The van der Waals surface area contributed by atoms with Crippen LogP contribution in [0.15, 0.2) is 93.9 Å². The number of rotatable bonds is 7. The van der Waals surface area contributed by atoms with Crippen molar-refractivity contribution in [2.24, 2.45) is 4.99 Å². The van der Waals surface area contributed by atoms with Gasteiger partial charge in [0.2, 0.25) is 0 Å². The van der Waals surface area contributed by atoms with Crippen LogP contribution in [0.3, 0.4) is 0 Å². The highest BCUT2D eigenvalue weighted by Gasteiger charge is 2.45. The largest absolute Gasteiger partial charge is 0.489 e. The summed E-state index contributed by atoms with van der Waals surface area (Å²) in [5.74, 6) is -0.770. The predicted octanol–water partition coefficient (Wildman–Crippen LogP) is 5.44. The Labute approximate surface area is 252 Å². The number of carbonyl (C=O) groups excluding carboxylic acids is 1. The molecule has 1 aliphatic heterocycles. The van der Waals surface area contributed by atoms with Crippen LogP contribution in [0.1, 0.15) is 35.2 Å². The standard InChI is InChI=1S/C31H21ClF3N3O4S/c1-2-41-29(40)25-26(19-10-12-22(32)13-11-19)38-28(39)24(43-30(38)37-27(25)31(33,34)35)15-18-6-5-9-23(14-18)42-17-21-8-4-3-7-20(21)16-36/h3-15,26H,2,17H2,1H3/b24-15-/t26-/m0/s1. The van der Waals surface area contributed by atoms with Crippen LogP contribution in [-0.4, -0.2) is 23.3 Å². The average molecular weight is 624 g/mol. The minimum atomic E-state index is -5.00. The molecule has 0 N–H and O–H groups in total. The lowest BCUT2D eigenvalue weighted by Crippen LogP contribution is -2.41. The number of aromatic nitrogens is 1. The van der Waals surface area contributed by atoms with Gasteiger partial charge in [0.25, 0.3) is 5.56 Å². The van der Waals surface area contributed by atoms with E-state index in [0.717, 1.165) is 15.9 Å². The van der Waals surface area contributed by atoms with E-state index in [9.17, 15) is 28.0 Å². The first-order chi connectivity index (χ1) is 20.6. The molecule has 3 aromatic carbocycles. The fourth-order valence-electron chi connectivity index (χ4n) is 4.56. The van der Waals surface area contributed by atoms with Crippen molar-refractivity contribution >= 4 is 35.0 Å². The van der Waals surface area contributed by atoms with Crippen LogP contribution in [0.5, 0.6) is 5.75 Å². The van der Waals surface area contributed by atoms with Crippen molar-refractivity contribution in [1.82, 2.24) is 4.57 Å². The molecule has 1 aromatic heterocycles. The fraction of sp³-hybridized carbons (Fsp3) is 0.161. The van der Waals surface area contributed by atoms with Gasteiger partial charge in [-0.05, 0) is 54.5 Å². The molecule has 0 bridgehead atoms. The van der Waals surface area contributed by atoms with Gasteiger partial charge >= 0.3 is 12.1 Å². The number of hydrogen-bond donors (Lipinski definition) is 0. The van der Waals surface area contributed by atoms with E-state index in [-0.39, 0.29) is 28.1 Å². The predicted molar refractivity (Wildman–Crippen MR) is 154 cm³/mol. The van der Waals surface area contributed by atoms with Crippen molar-refractivity contribution in [3.05, 3.63) is 131 Å². The van der Waals surface area contributed by atoms with E-state index in [1.54, 1.807) is 48.5 Å². The number of allylic oxidation sites excluding steroid dienone is 1. The number of fused-ring (bicyclic) bond motifs is 1. The summed E-state index contributed by atoms with van der Waals surface area (Å²) in [5.41, 5.74) is -0.902. The molecule has 0 fully saturated rings. The minimum Gasteiger partial charge on any atom is -0.489 e. The third kappa shape index (κ3) is 6.26. The van der Waals surface area contributed by atoms with Gasteiger partial charge in [-0.3, -0.25) is 9.36 Å². The lowest BCUT2D eigenvalue weighted by molar-refractivity contribution is -0.140. The second-order valence-corrected chi connectivity index (χ2v) is 10.7. The molecule has 0 radical (unpaired) electrons. The van der Waals surface area contributed by atoms with E-state index < -0.39 is 35.0 Å². The highest BCUT2D eigenvalue weighted by atomic mass is 35.5. The van der Waals surface area contributed by atoms with Crippen molar-refractivity contribution in [1.29, 1.82) is 5.26 Å². The zero-order valence-corrected chi connectivity index (χ0v) is 24.0. The molecule has 2 heterocycles. The van der Waals surface area contributed by atoms with Gasteiger partial charge < -0.3 is 9.47 Å². The Morgan fingerprint density at radius 1 is 1.14 bits per heavy atom. The van der Waals surface area contributed by atoms with Gasteiger partial charge in [0, 0.05) is 10.6 Å². The maximum atomic E-state index is 14.3. The van der Waals surface area contributed by atoms with Gasteiger partial charge in [-0.25, -0.2) is 9.79 Å². The SMILES string of the molecule is CCOC(=O)C1=C(C(F)(F)F)N=c2s/c(=C\c3cccc(OCc4ccccc4C#N)c3)c(=O)n2[C@H]1c1ccc(Cl)cc1. The number of hydrogen-bond acceptors (Lipinski definition) is 7. The average Bonchev–Trinajstić information content (AvgIpc) is 3.30. The molecular weight excluding hydrogens is 603 g/mol. The van der Waals surface area contributed by atoms with Gasteiger partial charge in [0.15, 0.2) is 10.5 Å². The summed E-state index contributed by atoms with van der Waals surface area (Å²) in [4.78, 5) is 30.2. The molecule has 0 unspecified atom stereocenters. The molecule has 43 heavy (non-hydrogen) atoms. The first kappa shape index (κ1) is 29.8. The van der Waals surface area contributed by atoms with Crippen molar-refractivity contribution < 1.29 is 27.4 Å². The molecule has 12 heteroatoms. The highest BCUT2D eigenvalue weighted by molar-refractivity contribution is 7.07. The first-order valence-electron chi connectivity index (χ1n) is 12.9. The Bertz CT molecular complexity index is 1960. The van der Waals surface area contributed by atoms with Crippen LogP contribution in [0, 0.1) is 11.3 Å². The summed E-state index contributed by atoms with van der Waals surface area (Å²) in [6.07, 6.45) is -3.49. The molecule has 4 aromatic rings. The van der Waals surface area contributed by atoms with Gasteiger partial charge in [-0.2, -0.15) is 18.4 Å². The maximum Gasteiger partial charge on any atom is 0.434 e. The van der Waals surface area contributed by atoms with Gasteiger partial charge in [0.1, 0.15) is 12.4 Å². The molecule has 0 saturated heterocycles. The third-order valence-corrected chi connectivity index (χ3v) is 7.70. The molecule has 218 valence electrons. The zero-order valence-electron chi connectivity index (χ0n) is 22.4. The van der Waals surface area contributed by atoms with E-state index in [0.29, 0.717) is 27.5 Å². The number of alkyl halides is 3. The van der Waals surface area contributed by atoms with E-state index in [1.165, 1.54) is 37.3 Å². The summed E-state index contributed by atoms with van der Waals surface area (Å²) < 4.78 is 54.8. The number of thiazole rings is 1. The molecule has 0 spiro atoms. The lowest BCUT2D eigenvalue weighted by Gasteiger charge is -2.26. The molecule has 5 rings (SSSR count). The Morgan fingerprint density at radius 2 is 1.88 bits per heavy atom. The van der Waals surface area contributed by atoms with Crippen LogP contribution in [0.4, 0.5) is 13.2 Å². The Balaban J connectivity index is 1.61. The van der Waals surface area contributed by atoms with Gasteiger partial charge in [-0.1, -0.05) is 65.4 Å². The number of carbonyl (C=O) groups is 1. The van der Waals surface area contributed by atoms with Crippen molar-refractivity contribution in [2.45, 2.75) is 25.7 Å². The first-order valence-corrected chi connectivity index (χ1v) is 14.1. The van der Waals surface area contributed by atoms with Gasteiger partial charge in [-0.15, -0.1) is 0 Å². The Morgan fingerprint density at radius 3 is 2.58 bits per heavy atom. The van der Waals surface area contributed by atoms with Crippen LogP contribution >= 0.6 is 22.9 Å². The second-order valence-electron chi connectivity index (χ2n) is 9.24. The molecule has 1 atom stereocenters. The number of ether oxygens (including phenoxy) is 2. The quantitative estimate of drug-likeness (QED) is 0.256. The number of halogens is 4. The van der Waals surface area contributed by atoms with Crippen molar-refractivity contribution in [3.8, 4) is 11.8 Å². The Kier molecular flexibility index (Phi) is 8.52. The second kappa shape index (κ2) is 12.3. The molecular formula is C31H21ClF3N3O4S. The van der Waals surface area contributed by atoms with Crippen molar-refractivity contribution in [3.63, 3.8) is 0 Å². The lowest BCUT2D eigenvalue weighted by atomic mass is 9.95. The normalized spacial score (nSPS) is 15.0. The molecule has 7 nitrogen and oxygen atoms in total. The van der Waals surface area contributed by atoms with Crippen LogP contribution < -0.4 is 19.6 Å². The number of nitrogens with zero attached hydrogens (tertiary/aromatic N) is 3. The van der Waals surface area contributed by atoms with Crippen LogP contribution in [-0.2, 0) is 16.1 Å². The molecule has 0 aliphatic carbocycles. The number of esters is 1. The summed E-state index contributed by atoms with van der Waals surface area (Å²) in [7, 11) is 0. The van der Waals surface area contributed by atoms with E-state index in [1.807, 2.05) is 0 Å². The third-order valence-electron chi connectivity index (χ3n) is 6.47. The summed E-state index contributed by atoms with van der Waals surface area (Å²) >= 11 is 6.78.